The molecule has 119 heavy (non-hydrogen) atoms. The van der Waals surface area contributed by atoms with Crippen molar-refractivity contribution in [1.82, 2.24) is 50.4 Å². The Balaban J connectivity index is 0.570. The van der Waals surface area contributed by atoms with E-state index in [9.17, 15) is 70.2 Å². The molecule has 12 N–H and O–H groups in total. The van der Waals surface area contributed by atoms with Crippen molar-refractivity contribution in [1.29, 1.82) is 0 Å². The highest BCUT2D eigenvalue weighted by Gasteiger charge is 2.55. The molecule has 10 aliphatic rings. The van der Waals surface area contributed by atoms with Crippen LogP contribution in [0.1, 0.15) is 167 Å². The van der Waals surface area contributed by atoms with Crippen LogP contribution in [0.4, 0.5) is 0 Å². The predicted octanol–water partition coefficient (Wildman–Crippen LogP) is -1.47. The minimum absolute atomic E-state index is 0.0446. The average molecular weight is 1700 g/mol. The van der Waals surface area contributed by atoms with Crippen LogP contribution >= 0.6 is 0 Å². The molecule has 10 unspecified atom stereocenters. The number of nitrogens with zero attached hydrogens (tertiary/aromatic N) is 8. The van der Waals surface area contributed by atoms with Gasteiger partial charge in [0.05, 0.1) is 128 Å². The molecule has 4 aliphatic carbocycles. The number of aromatic nitrogens is 6. The number of carbonyl (C=O) groups excluding carboxylic acids is 4. The third-order valence-electron chi connectivity index (χ3n) is 25.2. The van der Waals surface area contributed by atoms with Crippen molar-refractivity contribution in [2.75, 3.05) is 92.2 Å². The molecule has 0 bridgehead atoms. The van der Waals surface area contributed by atoms with Crippen molar-refractivity contribution < 1.29 is 141 Å². The van der Waals surface area contributed by atoms with Gasteiger partial charge in [-0.05, 0) is 88.9 Å². The van der Waals surface area contributed by atoms with E-state index in [0.717, 1.165) is 77.0 Å². The van der Waals surface area contributed by atoms with Crippen LogP contribution in [0.25, 0.3) is 0 Å². The first-order valence-electron chi connectivity index (χ1n) is 43.6. The second-order valence-electron chi connectivity index (χ2n) is 34.1. The number of aliphatic hydroxyl groups excluding tert-OH is 10. The van der Waals surface area contributed by atoms with Gasteiger partial charge < -0.3 is 143 Å². The van der Waals surface area contributed by atoms with Gasteiger partial charge in [-0.25, -0.2) is 9.36 Å². The molecule has 28 atom stereocenters. The van der Waals surface area contributed by atoms with Gasteiger partial charge in [-0.2, -0.15) is 0 Å². The molecule has 4 amide bonds. The highest BCUT2D eigenvalue weighted by Crippen LogP contribution is 2.41. The van der Waals surface area contributed by atoms with Gasteiger partial charge in [0.2, 0.25) is 11.8 Å². The molecule has 2 aromatic rings. The maximum absolute atomic E-state index is 14.3. The third-order valence-corrected chi connectivity index (χ3v) is 25.2. The van der Waals surface area contributed by atoms with Crippen LogP contribution in [0, 0.1) is 23.7 Å². The van der Waals surface area contributed by atoms with E-state index in [4.69, 9.17) is 71.1 Å². The summed E-state index contributed by atoms with van der Waals surface area (Å²) in [5.74, 6) is -1.58. The average Bonchev–Trinajstić information content (AvgIpc) is 1.20. The van der Waals surface area contributed by atoms with Crippen molar-refractivity contribution >= 4 is 23.6 Å². The Hall–Kier alpha value is -4.84. The van der Waals surface area contributed by atoms with Crippen LogP contribution < -0.4 is 10.6 Å². The van der Waals surface area contributed by atoms with E-state index in [2.05, 4.69) is 31.3 Å². The van der Waals surface area contributed by atoms with Gasteiger partial charge in [0.15, 0.2) is 25.2 Å². The monoisotopic (exact) mass is 1700 g/mol. The summed E-state index contributed by atoms with van der Waals surface area (Å²) >= 11 is 0. The Morgan fingerprint density at radius 2 is 0.790 bits per heavy atom. The van der Waals surface area contributed by atoms with Crippen molar-refractivity contribution in [3.05, 3.63) is 23.8 Å². The Morgan fingerprint density at radius 3 is 1.14 bits per heavy atom. The number of nitrogens with one attached hydrogen (secondary N) is 2. The molecule has 6 aliphatic heterocycles. The smallest absolute Gasteiger partial charge is 0.251 e. The Labute approximate surface area is 694 Å². The molecule has 676 valence electrons. The second kappa shape index (κ2) is 45.9. The van der Waals surface area contributed by atoms with Gasteiger partial charge in [-0.1, -0.05) is 101 Å². The molecule has 0 aromatic carbocycles. The standard InChI is InChI=1S/C80H132N10O29/c1-45-15-11-21-53(71(45)118-79-69(101)67(99)63(95)47(3)110-79)114-77-61(73(65(97)57(41-91)116-77)112-55(75(103)87-23-13-24-87)35-49-17-7-5-8-18-49)81-59(93)39-89-37-51(83-85-89)43-108-33-31-106-29-27-105-28-30-107-32-34-109-44-52-38-90(86-84-52)40-60(94)82-62-74(113-56(76(104)88-25-14-26-88)36-50-19-9-6-10-20-50)66(98)58(42-92)117-78(62)115-54-22-12-16-46(2)72(54)119-80-70(102)68(100)64(96)48(4)111-80/h37-38,45-50,53-58,61-74,77-80,91-92,95-102H,5-36,39-44H2,1-4H3,(H,81,93)(H,82,94)/t45?,46?,47?,48?,53-,54-,55+,56+,57+,58+,61?,62?,63-,64-,65+,66+,67?,68?,69+,70+,71-,72-,73?,74?,77-,78-,79+,80+/m1/s1. The quantitative estimate of drug-likeness (QED) is 0.0338. The molecule has 10 fully saturated rings. The topological polar surface area (TPSA) is 501 Å². The van der Waals surface area contributed by atoms with E-state index in [1.807, 2.05) is 13.8 Å². The fourth-order valence-electron chi connectivity index (χ4n) is 17.9. The molecule has 0 spiro atoms. The normalized spacial score (nSPS) is 36.2. The summed E-state index contributed by atoms with van der Waals surface area (Å²) in [7, 11) is 0. The highest BCUT2D eigenvalue weighted by atomic mass is 16.7. The van der Waals surface area contributed by atoms with E-state index in [1.54, 1.807) is 36.0 Å². The van der Waals surface area contributed by atoms with Crippen LogP contribution in [0.3, 0.4) is 0 Å². The first-order valence-corrected chi connectivity index (χ1v) is 43.6. The highest BCUT2D eigenvalue weighted by molar-refractivity contribution is 5.82. The van der Waals surface area contributed by atoms with E-state index in [0.29, 0.717) is 88.9 Å². The minimum Gasteiger partial charge on any atom is -0.394 e. The van der Waals surface area contributed by atoms with Gasteiger partial charge >= 0.3 is 0 Å². The maximum Gasteiger partial charge on any atom is 0.251 e. The second-order valence-corrected chi connectivity index (χ2v) is 34.1. The van der Waals surface area contributed by atoms with Crippen molar-refractivity contribution in [3.63, 3.8) is 0 Å². The number of aliphatic hydroxyl groups is 10. The van der Waals surface area contributed by atoms with Gasteiger partial charge in [-0.3, -0.25) is 19.2 Å². The first-order chi connectivity index (χ1) is 57.5. The molecular weight excluding hydrogens is 1560 g/mol. The Bertz CT molecular complexity index is 3160. The zero-order valence-corrected chi connectivity index (χ0v) is 69.2. The summed E-state index contributed by atoms with van der Waals surface area (Å²) in [5, 5.41) is 132. The van der Waals surface area contributed by atoms with Crippen molar-refractivity contribution in [2.45, 2.75) is 342 Å². The Morgan fingerprint density at radius 1 is 0.420 bits per heavy atom. The van der Waals surface area contributed by atoms with Crippen LogP contribution in [0.15, 0.2) is 12.4 Å². The number of rotatable bonds is 42. The Kier molecular flexibility index (Phi) is 36.0. The van der Waals surface area contributed by atoms with Gasteiger partial charge in [-0.15, -0.1) is 10.2 Å². The summed E-state index contributed by atoms with van der Waals surface area (Å²) in [6.45, 7) is 9.35. The molecule has 8 heterocycles. The van der Waals surface area contributed by atoms with Gasteiger partial charge in [0.25, 0.3) is 11.8 Å². The number of carbonyl (C=O) groups is 4. The summed E-state index contributed by atoms with van der Waals surface area (Å²) in [4.78, 5) is 60.6. The minimum atomic E-state index is -1.58. The lowest BCUT2D eigenvalue weighted by atomic mass is 9.84. The molecule has 0 radical (unpaired) electrons. The van der Waals surface area contributed by atoms with E-state index in [-0.39, 0.29) is 115 Å². The number of hydrogen-bond acceptors (Lipinski definition) is 33. The van der Waals surface area contributed by atoms with Gasteiger partial charge in [0.1, 0.15) is 122 Å². The summed E-state index contributed by atoms with van der Waals surface area (Å²) in [5.41, 5.74) is 0.841. The molecular formula is C80H132N10O29. The van der Waals surface area contributed by atoms with E-state index < -0.39 is 184 Å². The van der Waals surface area contributed by atoms with Crippen LogP contribution in [-0.4, -0.2) is 366 Å². The summed E-state index contributed by atoms with van der Waals surface area (Å²) < 4.78 is 95.7. The zero-order valence-electron chi connectivity index (χ0n) is 69.2. The van der Waals surface area contributed by atoms with E-state index in [1.165, 1.54) is 9.36 Å². The maximum atomic E-state index is 14.3. The number of ether oxygens (including phenoxy) is 15. The fraction of sp³-hybridized carbons (Fsp3) is 0.900. The number of hydrogen-bond donors (Lipinski definition) is 12. The largest absolute Gasteiger partial charge is 0.394 e. The first kappa shape index (κ1) is 93.3. The molecule has 4 saturated carbocycles. The lowest BCUT2D eigenvalue weighted by Gasteiger charge is -2.48. The predicted molar refractivity (Wildman–Crippen MR) is 412 cm³/mol. The molecule has 39 heteroatoms. The van der Waals surface area contributed by atoms with Gasteiger partial charge in [0, 0.05) is 26.2 Å². The van der Waals surface area contributed by atoms with E-state index >= 15 is 0 Å². The van der Waals surface area contributed by atoms with Crippen LogP contribution in [-0.2, 0) is 117 Å². The van der Waals surface area contributed by atoms with Crippen molar-refractivity contribution in [2.24, 2.45) is 23.7 Å². The fourth-order valence-corrected chi connectivity index (χ4v) is 17.9. The molecule has 6 saturated heterocycles. The SMILES string of the molecule is CC1O[C@@H](O[C@@H]2C(C)CCC[C@H]2O[C@@H]2O[C@@H](CO)[C@H](O)C(O[C@@H](CC3CCCCC3)C(=O)N3CCC3)C2NC(=O)Cn2cc(COCCOCCOCCOCCOCc3cn(CC(=O)NC4C(O[C@@H](CC5CCCCC5)C(=O)N5CCC5)[C@@H](O)[C@H](CO)O[C@H]4O[C@@H]4CCCC(C)[C@H]4O[C@@H]4OC(C)[C@@H](O)C(O)[C@@H]4O)nn3)nn2)[C@@H](O)C(O)[C@@H]1O. The molecule has 2 aromatic heterocycles. The third kappa shape index (κ3) is 25.3. The zero-order chi connectivity index (χ0) is 84.2. The molecule has 39 nitrogen and oxygen atoms in total. The lowest BCUT2D eigenvalue weighted by Crippen LogP contribution is -2.67. The number of likely N-dealkylation sites (tertiary alicyclic amines) is 2. The lowest BCUT2D eigenvalue weighted by molar-refractivity contribution is -0.336. The van der Waals surface area contributed by atoms with Crippen LogP contribution in [0.5, 0.6) is 0 Å². The van der Waals surface area contributed by atoms with Crippen molar-refractivity contribution in [3.8, 4) is 0 Å². The van der Waals surface area contributed by atoms with Crippen LogP contribution in [0.2, 0.25) is 0 Å². The number of amides is 4. The summed E-state index contributed by atoms with van der Waals surface area (Å²) in [6.07, 6.45) is -10.2. The summed E-state index contributed by atoms with van der Waals surface area (Å²) in [6, 6.07) is -2.52. The molecule has 12 rings (SSSR count).